The molecule has 1 unspecified atom stereocenters. The smallest absolute Gasteiger partial charge is 0.361 e. The summed E-state index contributed by atoms with van der Waals surface area (Å²) in [6.07, 6.45) is 1.98. The van der Waals surface area contributed by atoms with Crippen molar-refractivity contribution in [1.82, 2.24) is 20.7 Å². The van der Waals surface area contributed by atoms with Gasteiger partial charge in [0.1, 0.15) is 11.3 Å². The number of H-pyrrole nitrogens is 1. The van der Waals surface area contributed by atoms with E-state index in [0.717, 1.165) is 12.8 Å². The van der Waals surface area contributed by atoms with Crippen LogP contribution in [0.3, 0.4) is 0 Å². The lowest BCUT2D eigenvalue weighted by Gasteiger charge is -2.21. The summed E-state index contributed by atoms with van der Waals surface area (Å²) in [5.74, 6) is -0.428. The van der Waals surface area contributed by atoms with Crippen LogP contribution in [0.2, 0.25) is 0 Å². The molecule has 6 heteroatoms. The molecule has 1 aliphatic rings. The van der Waals surface area contributed by atoms with Gasteiger partial charge in [-0.2, -0.15) is 10.3 Å². The number of nitrogens with zero attached hydrogens (tertiary/aromatic N) is 2. The molecule has 0 amide bonds. The average molecular weight is 266 g/mol. The number of aromatic nitrogens is 3. The van der Waals surface area contributed by atoms with E-state index in [1.807, 2.05) is 20.8 Å². The van der Waals surface area contributed by atoms with Crippen LogP contribution in [0.25, 0.3) is 0 Å². The molecule has 106 valence electrons. The lowest BCUT2D eigenvalue weighted by molar-refractivity contribution is 0.00607. The quantitative estimate of drug-likeness (QED) is 0.800. The molecule has 19 heavy (non-hydrogen) atoms. The number of hydrogen-bond acceptors (Lipinski definition) is 5. The second-order valence-electron chi connectivity index (χ2n) is 6.68. The Morgan fingerprint density at radius 3 is 2.58 bits per heavy atom. The summed E-state index contributed by atoms with van der Waals surface area (Å²) < 4.78 is 5.35. The van der Waals surface area contributed by atoms with Crippen molar-refractivity contribution in [3.05, 3.63) is 11.4 Å². The van der Waals surface area contributed by atoms with E-state index in [1.54, 1.807) is 0 Å². The van der Waals surface area contributed by atoms with E-state index in [2.05, 4.69) is 34.6 Å². The van der Waals surface area contributed by atoms with Crippen molar-refractivity contribution in [3.63, 3.8) is 0 Å². The second kappa shape index (κ2) is 4.59. The minimum Gasteiger partial charge on any atom is -0.455 e. The van der Waals surface area contributed by atoms with Gasteiger partial charge in [-0.05, 0) is 47.5 Å². The topological polar surface area (TPSA) is 79.9 Å². The summed E-state index contributed by atoms with van der Waals surface area (Å²) in [5.41, 5.74) is 0.467. The molecule has 0 spiro atoms. The molecular formula is C13H22N4O2. The SMILES string of the molecule is CC1(C)CCC(c2n[nH]nc2C(=O)OC(C)(C)C)N1. The Morgan fingerprint density at radius 2 is 2.05 bits per heavy atom. The molecule has 0 aliphatic carbocycles. The second-order valence-corrected chi connectivity index (χ2v) is 6.68. The molecule has 1 atom stereocenters. The van der Waals surface area contributed by atoms with E-state index in [0.29, 0.717) is 5.69 Å². The van der Waals surface area contributed by atoms with Crippen LogP contribution in [-0.2, 0) is 4.74 Å². The van der Waals surface area contributed by atoms with Gasteiger partial charge in [-0.15, -0.1) is 5.10 Å². The van der Waals surface area contributed by atoms with E-state index in [-0.39, 0.29) is 17.3 Å². The molecular weight excluding hydrogens is 244 g/mol. The van der Waals surface area contributed by atoms with Crippen molar-refractivity contribution in [2.75, 3.05) is 0 Å². The maximum absolute atomic E-state index is 12.1. The summed E-state index contributed by atoms with van der Waals surface area (Å²) in [7, 11) is 0. The number of rotatable bonds is 2. The van der Waals surface area contributed by atoms with Gasteiger partial charge in [-0.3, -0.25) is 0 Å². The average Bonchev–Trinajstić information content (AvgIpc) is 2.80. The fraction of sp³-hybridized carbons (Fsp3) is 0.769. The number of carbonyl (C=O) groups is 1. The molecule has 0 radical (unpaired) electrons. The lowest BCUT2D eigenvalue weighted by Crippen LogP contribution is -2.34. The van der Waals surface area contributed by atoms with E-state index < -0.39 is 11.6 Å². The van der Waals surface area contributed by atoms with Gasteiger partial charge >= 0.3 is 5.97 Å². The third-order valence-corrected chi connectivity index (χ3v) is 3.12. The maximum Gasteiger partial charge on any atom is 0.361 e. The number of carbonyl (C=O) groups excluding carboxylic acids is 1. The maximum atomic E-state index is 12.1. The summed E-state index contributed by atoms with van der Waals surface area (Å²) in [5, 5.41) is 14.0. The van der Waals surface area contributed by atoms with Gasteiger partial charge in [0, 0.05) is 5.54 Å². The van der Waals surface area contributed by atoms with Crippen LogP contribution in [-0.4, -0.2) is 32.5 Å². The molecule has 2 heterocycles. The molecule has 0 bridgehead atoms. The fourth-order valence-electron chi connectivity index (χ4n) is 2.28. The standard InChI is InChI=1S/C13H22N4O2/c1-12(2,3)19-11(18)10-9(15-17-16-10)8-6-7-13(4,5)14-8/h8,14H,6-7H2,1-5H3,(H,15,16,17). The van der Waals surface area contributed by atoms with Crippen LogP contribution in [0, 0.1) is 0 Å². The predicted octanol–water partition coefficient (Wildman–Crippen LogP) is 1.96. The number of ether oxygens (including phenoxy) is 1. The molecule has 0 saturated carbocycles. The van der Waals surface area contributed by atoms with Gasteiger partial charge in [0.05, 0.1) is 6.04 Å². The summed E-state index contributed by atoms with van der Waals surface area (Å²) in [6, 6.07) is 0.0521. The Hall–Kier alpha value is -1.43. The van der Waals surface area contributed by atoms with Crippen molar-refractivity contribution in [2.45, 2.75) is 64.6 Å². The third-order valence-electron chi connectivity index (χ3n) is 3.12. The highest BCUT2D eigenvalue weighted by molar-refractivity contribution is 5.88. The van der Waals surface area contributed by atoms with Crippen LogP contribution >= 0.6 is 0 Å². The first kappa shape index (κ1) is 14.0. The highest BCUT2D eigenvalue weighted by Gasteiger charge is 2.35. The van der Waals surface area contributed by atoms with E-state index in [9.17, 15) is 4.79 Å². The van der Waals surface area contributed by atoms with Gasteiger partial charge in [-0.25, -0.2) is 4.79 Å². The minimum absolute atomic E-state index is 0.0521. The minimum atomic E-state index is -0.532. The highest BCUT2D eigenvalue weighted by atomic mass is 16.6. The van der Waals surface area contributed by atoms with Crippen molar-refractivity contribution < 1.29 is 9.53 Å². The first-order valence-electron chi connectivity index (χ1n) is 6.60. The van der Waals surface area contributed by atoms with E-state index in [1.165, 1.54) is 0 Å². The van der Waals surface area contributed by atoms with Crippen molar-refractivity contribution in [1.29, 1.82) is 0 Å². The fourth-order valence-corrected chi connectivity index (χ4v) is 2.28. The Morgan fingerprint density at radius 1 is 1.37 bits per heavy atom. The predicted molar refractivity (Wildman–Crippen MR) is 70.7 cm³/mol. The number of esters is 1. The molecule has 1 aromatic heterocycles. The Labute approximate surface area is 113 Å². The summed E-state index contributed by atoms with van der Waals surface area (Å²) in [4.78, 5) is 12.1. The zero-order valence-corrected chi connectivity index (χ0v) is 12.2. The zero-order valence-electron chi connectivity index (χ0n) is 12.2. The normalized spacial score (nSPS) is 22.5. The largest absolute Gasteiger partial charge is 0.455 e. The molecule has 1 aromatic rings. The van der Waals surface area contributed by atoms with Gasteiger partial charge in [0.2, 0.25) is 0 Å². The van der Waals surface area contributed by atoms with E-state index >= 15 is 0 Å². The molecule has 0 aromatic carbocycles. The summed E-state index contributed by atoms with van der Waals surface area (Å²) >= 11 is 0. The van der Waals surface area contributed by atoms with Crippen LogP contribution in [0.4, 0.5) is 0 Å². The molecule has 1 saturated heterocycles. The van der Waals surface area contributed by atoms with Gasteiger partial charge in [0.25, 0.3) is 0 Å². The van der Waals surface area contributed by atoms with Crippen LogP contribution < -0.4 is 5.32 Å². The Bertz CT molecular complexity index is 473. The van der Waals surface area contributed by atoms with Crippen LogP contribution in [0.15, 0.2) is 0 Å². The monoisotopic (exact) mass is 266 g/mol. The van der Waals surface area contributed by atoms with Crippen molar-refractivity contribution in [2.24, 2.45) is 0 Å². The third kappa shape index (κ3) is 3.32. The lowest BCUT2D eigenvalue weighted by atomic mass is 10.0. The van der Waals surface area contributed by atoms with Crippen molar-refractivity contribution >= 4 is 5.97 Å². The Balaban J connectivity index is 2.17. The molecule has 1 aliphatic heterocycles. The summed E-state index contributed by atoms with van der Waals surface area (Å²) in [6.45, 7) is 9.78. The number of aromatic amines is 1. The molecule has 2 rings (SSSR count). The van der Waals surface area contributed by atoms with Gasteiger partial charge in [0.15, 0.2) is 5.69 Å². The molecule has 6 nitrogen and oxygen atoms in total. The first-order valence-corrected chi connectivity index (χ1v) is 6.60. The van der Waals surface area contributed by atoms with Crippen LogP contribution in [0.5, 0.6) is 0 Å². The van der Waals surface area contributed by atoms with Crippen LogP contribution in [0.1, 0.15) is 69.7 Å². The zero-order chi connectivity index (χ0) is 14.3. The molecule has 1 fully saturated rings. The van der Waals surface area contributed by atoms with E-state index in [4.69, 9.17) is 4.74 Å². The number of nitrogens with one attached hydrogen (secondary N) is 2. The van der Waals surface area contributed by atoms with Gasteiger partial charge in [-0.1, -0.05) is 0 Å². The number of hydrogen-bond donors (Lipinski definition) is 2. The Kier molecular flexibility index (Phi) is 3.38. The van der Waals surface area contributed by atoms with Crippen molar-refractivity contribution in [3.8, 4) is 0 Å². The van der Waals surface area contributed by atoms with Gasteiger partial charge < -0.3 is 10.1 Å². The first-order chi connectivity index (χ1) is 8.68. The highest BCUT2D eigenvalue weighted by Crippen LogP contribution is 2.32. The molecule has 2 N–H and O–H groups in total.